The molecule has 0 unspecified atom stereocenters. The molecular formula is C19H15F3N4O. The summed E-state index contributed by atoms with van der Waals surface area (Å²) in [7, 11) is 0. The summed E-state index contributed by atoms with van der Waals surface area (Å²) in [5.74, 6) is -0.954. The molecule has 0 aliphatic rings. The molecule has 3 rings (SSSR count). The van der Waals surface area contributed by atoms with E-state index < -0.39 is 23.3 Å². The van der Waals surface area contributed by atoms with E-state index in [1.54, 1.807) is 37.3 Å². The Balaban J connectivity index is 2.04. The van der Waals surface area contributed by atoms with Crippen LogP contribution in [0.25, 0.3) is 11.4 Å². The van der Waals surface area contributed by atoms with E-state index in [2.05, 4.69) is 22.0 Å². The first-order valence-corrected chi connectivity index (χ1v) is 7.92. The topological polar surface area (TPSA) is 59.8 Å². The standard InChI is InChI=1S/C19H15F3N4O/c1-12(2)13-7-3-4-8-15(13)25-18(27)14-11-24-26(17(14)19(20,21)22)16-9-5-6-10-23-16/h3-11H,1H2,2H3,(H,25,27). The number of nitrogens with one attached hydrogen (secondary N) is 1. The minimum atomic E-state index is -4.80. The molecular weight excluding hydrogens is 357 g/mol. The molecule has 2 aromatic heterocycles. The summed E-state index contributed by atoms with van der Waals surface area (Å²) in [6.45, 7) is 5.55. The van der Waals surface area contributed by atoms with Crippen molar-refractivity contribution in [2.24, 2.45) is 0 Å². The van der Waals surface area contributed by atoms with E-state index in [9.17, 15) is 18.0 Å². The minimum Gasteiger partial charge on any atom is -0.321 e. The summed E-state index contributed by atoms with van der Waals surface area (Å²) >= 11 is 0. The Morgan fingerprint density at radius 2 is 1.81 bits per heavy atom. The van der Waals surface area contributed by atoms with Crippen LogP contribution in [0.5, 0.6) is 0 Å². The van der Waals surface area contributed by atoms with Gasteiger partial charge in [-0.3, -0.25) is 4.79 Å². The lowest BCUT2D eigenvalue weighted by Crippen LogP contribution is -2.21. The van der Waals surface area contributed by atoms with Crippen LogP contribution in [0.15, 0.2) is 61.4 Å². The van der Waals surface area contributed by atoms with Crippen molar-refractivity contribution in [3.63, 3.8) is 0 Å². The number of carbonyl (C=O) groups is 1. The quantitative estimate of drug-likeness (QED) is 0.730. The number of benzene rings is 1. The number of amides is 1. The van der Waals surface area contributed by atoms with E-state index in [0.717, 1.165) is 6.20 Å². The second kappa shape index (κ2) is 7.06. The lowest BCUT2D eigenvalue weighted by atomic mass is 10.1. The van der Waals surface area contributed by atoms with Crippen LogP contribution < -0.4 is 5.32 Å². The van der Waals surface area contributed by atoms with Crippen molar-refractivity contribution in [1.82, 2.24) is 14.8 Å². The molecule has 3 aromatic rings. The molecule has 2 heterocycles. The maximum absolute atomic E-state index is 13.7. The summed E-state index contributed by atoms with van der Waals surface area (Å²) in [5, 5.41) is 6.24. The van der Waals surface area contributed by atoms with Gasteiger partial charge in [0.05, 0.1) is 11.8 Å². The van der Waals surface area contributed by atoms with Gasteiger partial charge in [0.1, 0.15) is 0 Å². The Hall–Kier alpha value is -3.42. The van der Waals surface area contributed by atoms with E-state index in [1.165, 1.54) is 18.3 Å². The van der Waals surface area contributed by atoms with Gasteiger partial charge in [-0.15, -0.1) is 0 Å². The van der Waals surface area contributed by atoms with Gasteiger partial charge in [-0.25, -0.2) is 9.67 Å². The van der Waals surface area contributed by atoms with Crippen molar-refractivity contribution in [2.45, 2.75) is 13.1 Å². The number of anilines is 1. The number of alkyl halides is 3. The molecule has 138 valence electrons. The summed E-state index contributed by atoms with van der Waals surface area (Å²) in [6.07, 6.45) is -2.56. The Morgan fingerprint density at radius 3 is 2.44 bits per heavy atom. The lowest BCUT2D eigenvalue weighted by molar-refractivity contribution is -0.143. The maximum atomic E-state index is 13.7. The van der Waals surface area contributed by atoms with Gasteiger partial charge in [0.15, 0.2) is 11.5 Å². The number of para-hydroxylation sites is 1. The first-order valence-electron chi connectivity index (χ1n) is 7.92. The fraction of sp³-hybridized carbons (Fsp3) is 0.105. The highest BCUT2D eigenvalue weighted by atomic mass is 19.4. The van der Waals surface area contributed by atoms with Crippen molar-refractivity contribution in [1.29, 1.82) is 0 Å². The first-order chi connectivity index (χ1) is 12.8. The number of aromatic nitrogens is 3. The van der Waals surface area contributed by atoms with Crippen LogP contribution in [0.1, 0.15) is 28.5 Å². The average Bonchev–Trinajstić information content (AvgIpc) is 3.08. The molecule has 0 bridgehead atoms. The molecule has 1 aromatic carbocycles. The highest BCUT2D eigenvalue weighted by molar-refractivity contribution is 6.06. The zero-order valence-electron chi connectivity index (χ0n) is 14.3. The Bertz CT molecular complexity index is 994. The summed E-state index contributed by atoms with van der Waals surface area (Å²) in [4.78, 5) is 16.5. The van der Waals surface area contributed by atoms with Gasteiger partial charge >= 0.3 is 6.18 Å². The number of allylic oxidation sites excluding steroid dienone is 1. The molecule has 0 spiro atoms. The van der Waals surface area contributed by atoms with Crippen LogP contribution in [-0.4, -0.2) is 20.7 Å². The van der Waals surface area contributed by atoms with Gasteiger partial charge in [0.2, 0.25) is 0 Å². The van der Waals surface area contributed by atoms with Crippen molar-refractivity contribution in [3.8, 4) is 5.82 Å². The number of rotatable bonds is 4. The van der Waals surface area contributed by atoms with Crippen LogP contribution in [0.3, 0.4) is 0 Å². The normalized spacial score (nSPS) is 11.3. The summed E-state index contributed by atoms with van der Waals surface area (Å²) < 4.78 is 41.6. The second-order valence-electron chi connectivity index (χ2n) is 5.78. The van der Waals surface area contributed by atoms with Gasteiger partial charge < -0.3 is 5.32 Å². The molecule has 8 heteroatoms. The molecule has 0 aliphatic carbocycles. The first kappa shape index (κ1) is 18.4. The van der Waals surface area contributed by atoms with Gasteiger partial charge in [-0.2, -0.15) is 18.3 Å². The van der Waals surface area contributed by atoms with E-state index in [0.29, 0.717) is 21.5 Å². The van der Waals surface area contributed by atoms with Gasteiger partial charge in [0, 0.05) is 17.4 Å². The van der Waals surface area contributed by atoms with Crippen LogP contribution >= 0.6 is 0 Å². The number of hydrogen-bond acceptors (Lipinski definition) is 3. The predicted octanol–water partition coefficient (Wildman–Crippen LogP) is 4.57. The van der Waals surface area contributed by atoms with Gasteiger partial charge in [-0.1, -0.05) is 30.8 Å². The van der Waals surface area contributed by atoms with Gasteiger partial charge in [-0.05, 0) is 30.7 Å². The van der Waals surface area contributed by atoms with Crippen LogP contribution in [-0.2, 0) is 6.18 Å². The number of hydrogen-bond donors (Lipinski definition) is 1. The number of carbonyl (C=O) groups excluding carboxylic acids is 1. The zero-order valence-corrected chi connectivity index (χ0v) is 14.3. The highest BCUT2D eigenvalue weighted by Gasteiger charge is 2.41. The monoisotopic (exact) mass is 372 g/mol. The molecule has 0 aliphatic heterocycles. The fourth-order valence-electron chi connectivity index (χ4n) is 2.59. The molecule has 0 saturated heterocycles. The fourth-order valence-corrected chi connectivity index (χ4v) is 2.59. The number of pyridine rings is 1. The third kappa shape index (κ3) is 3.74. The third-order valence-corrected chi connectivity index (χ3v) is 3.78. The summed E-state index contributed by atoms with van der Waals surface area (Å²) in [5.41, 5.74) is -0.104. The van der Waals surface area contributed by atoms with Crippen molar-refractivity contribution < 1.29 is 18.0 Å². The summed E-state index contributed by atoms with van der Waals surface area (Å²) in [6, 6.07) is 11.2. The average molecular weight is 372 g/mol. The molecule has 0 fully saturated rings. The number of halogens is 3. The van der Waals surface area contributed by atoms with Crippen LogP contribution in [0.4, 0.5) is 18.9 Å². The molecule has 0 atom stereocenters. The highest BCUT2D eigenvalue weighted by Crippen LogP contribution is 2.34. The molecule has 0 saturated carbocycles. The molecule has 0 radical (unpaired) electrons. The lowest BCUT2D eigenvalue weighted by Gasteiger charge is -2.13. The van der Waals surface area contributed by atoms with E-state index in [-0.39, 0.29) is 5.82 Å². The Kier molecular flexibility index (Phi) is 4.81. The number of nitrogens with zero attached hydrogens (tertiary/aromatic N) is 3. The largest absolute Gasteiger partial charge is 0.434 e. The molecule has 27 heavy (non-hydrogen) atoms. The van der Waals surface area contributed by atoms with E-state index in [1.807, 2.05) is 0 Å². The third-order valence-electron chi connectivity index (χ3n) is 3.78. The Labute approximate surface area is 153 Å². The smallest absolute Gasteiger partial charge is 0.321 e. The molecule has 1 N–H and O–H groups in total. The maximum Gasteiger partial charge on any atom is 0.434 e. The SMILES string of the molecule is C=C(C)c1ccccc1NC(=O)c1cnn(-c2ccccn2)c1C(F)(F)F. The van der Waals surface area contributed by atoms with Gasteiger partial charge in [0.25, 0.3) is 5.91 Å². The predicted molar refractivity (Wildman–Crippen MR) is 95.5 cm³/mol. The van der Waals surface area contributed by atoms with E-state index in [4.69, 9.17) is 0 Å². The molecule has 5 nitrogen and oxygen atoms in total. The van der Waals surface area contributed by atoms with Crippen LogP contribution in [0, 0.1) is 0 Å². The second-order valence-corrected chi connectivity index (χ2v) is 5.78. The Morgan fingerprint density at radius 1 is 1.11 bits per heavy atom. The van der Waals surface area contributed by atoms with Crippen molar-refractivity contribution in [2.75, 3.05) is 5.32 Å². The van der Waals surface area contributed by atoms with Crippen molar-refractivity contribution >= 4 is 17.2 Å². The zero-order chi connectivity index (χ0) is 19.6. The molecule has 1 amide bonds. The minimum absolute atomic E-state index is 0.0359. The van der Waals surface area contributed by atoms with Crippen molar-refractivity contribution in [3.05, 3.63) is 78.3 Å². The van der Waals surface area contributed by atoms with Crippen LogP contribution in [0.2, 0.25) is 0 Å². The van der Waals surface area contributed by atoms with E-state index >= 15 is 0 Å².